The average Bonchev–Trinajstić information content (AvgIpc) is 3.07. The highest BCUT2D eigenvalue weighted by atomic mass is 16.5. The van der Waals surface area contributed by atoms with E-state index in [1.54, 1.807) is 26.4 Å². The molecule has 1 unspecified atom stereocenters. The van der Waals surface area contributed by atoms with E-state index in [0.29, 0.717) is 37.6 Å². The molecule has 1 atom stereocenters. The van der Waals surface area contributed by atoms with Crippen molar-refractivity contribution in [2.45, 2.75) is 19.8 Å². The number of rotatable bonds is 3. The number of aryl methyl sites for hydroxylation is 1. The fourth-order valence-electron chi connectivity index (χ4n) is 3.66. The van der Waals surface area contributed by atoms with E-state index in [4.69, 9.17) is 9.15 Å². The van der Waals surface area contributed by atoms with Crippen molar-refractivity contribution >= 4 is 11.8 Å². The monoisotopic (exact) mass is 306 g/mol. The SMILES string of the molecule is COCC1C(=O)NCC12CCN(C(=O)c1ccoc1C)CC2. The van der Waals surface area contributed by atoms with Gasteiger partial charge in [0.15, 0.2) is 0 Å². The van der Waals surface area contributed by atoms with Crippen LogP contribution in [0, 0.1) is 18.3 Å². The molecule has 2 amide bonds. The summed E-state index contributed by atoms with van der Waals surface area (Å²) in [5.41, 5.74) is 0.556. The highest BCUT2D eigenvalue weighted by Gasteiger charge is 2.50. The second-order valence-corrected chi connectivity index (χ2v) is 6.27. The molecule has 3 heterocycles. The number of hydrogen-bond acceptors (Lipinski definition) is 4. The van der Waals surface area contributed by atoms with Gasteiger partial charge in [-0.25, -0.2) is 0 Å². The zero-order valence-corrected chi connectivity index (χ0v) is 13.1. The first-order chi connectivity index (χ1) is 10.6. The van der Waals surface area contributed by atoms with Crippen molar-refractivity contribution in [3.63, 3.8) is 0 Å². The number of likely N-dealkylation sites (tertiary alicyclic amines) is 1. The van der Waals surface area contributed by atoms with Gasteiger partial charge in [0.2, 0.25) is 5.91 Å². The number of nitrogens with zero attached hydrogens (tertiary/aromatic N) is 1. The van der Waals surface area contributed by atoms with E-state index >= 15 is 0 Å². The molecular formula is C16H22N2O4. The number of methoxy groups -OCH3 is 1. The molecule has 6 heteroatoms. The molecule has 2 fully saturated rings. The Morgan fingerprint density at radius 2 is 2.23 bits per heavy atom. The van der Waals surface area contributed by atoms with Gasteiger partial charge >= 0.3 is 0 Å². The summed E-state index contributed by atoms with van der Waals surface area (Å²) in [4.78, 5) is 26.4. The van der Waals surface area contributed by atoms with Gasteiger partial charge in [0.05, 0.1) is 24.4 Å². The van der Waals surface area contributed by atoms with Gasteiger partial charge < -0.3 is 19.4 Å². The van der Waals surface area contributed by atoms with Gasteiger partial charge in [0.25, 0.3) is 5.91 Å². The van der Waals surface area contributed by atoms with E-state index in [1.165, 1.54) is 0 Å². The third-order valence-corrected chi connectivity index (χ3v) is 5.14. The summed E-state index contributed by atoms with van der Waals surface area (Å²) in [6, 6.07) is 1.72. The maximum atomic E-state index is 12.5. The summed E-state index contributed by atoms with van der Waals surface area (Å²) in [5.74, 6) is 0.639. The molecule has 22 heavy (non-hydrogen) atoms. The zero-order chi connectivity index (χ0) is 15.7. The molecule has 6 nitrogen and oxygen atoms in total. The smallest absolute Gasteiger partial charge is 0.257 e. The Morgan fingerprint density at radius 1 is 1.50 bits per heavy atom. The normalized spacial score (nSPS) is 23.8. The Hall–Kier alpha value is -1.82. The molecule has 3 rings (SSSR count). The summed E-state index contributed by atoms with van der Waals surface area (Å²) in [6.45, 7) is 4.26. The molecule has 1 aromatic rings. The zero-order valence-electron chi connectivity index (χ0n) is 13.1. The van der Waals surface area contributed by atoms with Crippen LogP contribution in [-0.4, -0.2) is 50.1 Å². The Balaban J connectivity index is 1.69. The third kappa shape index (κ3) is 2.41. The number of carbonyl (C=O) groups excluding carboxylic acids is 2. The number of piperidine rings is 1. The lowest BCUT2D eigenvalue weighted by Crippen LogP contribution is -2.47. The molecule has 0 bridgehead atoms. The largest absolute Gasteiger partial charge is 0.469 e. The lowest BCUT2D eigenvalue weighted by Gasteiger charge is -2.41. The number of nitrogens with one attached hydrogen (secondary N) is 1. The summed E-state index contributed by atoms with van der Waals surface area (Å²) < 4.78 is 10.4. The Labute approximate surface area is 129 Å². The first-order valence-electron chi connectivity index (χ1n) is 7.67. The van der Waals surface area contributed by atoms with Gasteiger partial charge in [-0.15, -0.1) is 0 Å². The predicted octanol–water partition coefficient (Wildman–Crippen LogP) is 1.20. The van der Waals surface area contributed by atoms with Crippen molar-refractivity contribution in [2.75, 3.05) is 33.4 Å². The van der Waals surface area contributed by atoms with E-state index in [-0.39, 0.29) is 23.1 Å². The molecule has 1 N–H and O–H groups in total. The predicted molar refractivity (Wildman–Crippen MR) is 79.4 cm³/mol. The minimum absolute atomic E-state index is 0.0154. The fourth-order valence-corrected chi connectivity index (χ4v) is 3.66. The van der Waals surface area contributed by atoms with E-state index in [1.807, 2.05) is 4.90 Å². The van der Waals surface area contributed by atoms with E-state index in [2.05, 4.69) is 5.32 Å². The van der Waals surface area contributed by atoms with Crippen LogP contribution in [0.15, 0.2) is 16.7 Å². The highest BCUT2D eigenvalue weighted by Crippen LogP contribution is 2.42. The second-order valence-electron chi connectivity index (χ2n) is 6.27. The standard InChI is InChI=1S/C16H22N2O4/c1-11-12(3-8-22-11)15(20)18-6-4-16(5-7-18)10-17-14(19)13(16)9-21-2/h3,8,13H,4-7,9-10H2,1-2H3,(H,17,19). The van der Waals surface area contributed by atoms with Crippen molar-refractivity contribution in [3.05, 3.63) is 23.7 Å². The fraction of sp³-hybridized carbons (Fsp3) is 0.625. The lowest BCUT2D eigenvalue weighted by atomic mass is 9.71. The van der Waals surface area contributed by atoms with Crippen LogP contribution in [0.2, 0.25) is 0 Å². The van der Waals surface area contributed by atoms with Gasteiger partial charge in [-0.2, -0.15) is 0 Å². The lowest BCUT2D eigenvalue weighted by molar-refractivity contribution is -0.126. The van der Waals surface area contributed by atoms with Gasteiger partial charge in [-0.3, -0.25) is 9.59 Å². The maximum absolute atomic E-state index is 12.5. The summed E-state index contributed by atoms with van der Waals surface area (Å²) in [6.07, 6.45) is 3.19. The number of ether oxygens (including phenoxy) is 1. The van der Waals surface area contributed by atoms with Crippen LogP contribution in [0.4, 0.5) is 0 Å². The molecule has 2 saturated heterocycles. The van der Waals surface area contributed by atoms with Gasteiger partial charge in [0.1, 0.15) is 5.76 Å². The van der Waals surface area contributed by atoms with Crippen LogP contribution in [-0.2, 0) is 9.53 Å². The second kappa shape index (κ2) is 5.76. The van der Waals surface area contributed by atoms with Gasteiger partial charge in [0, 0.05) is 32.2 Å². The van der Waals surface area contributed by atoms with E-state index in [9.17, 15) is 9.59 Å². The van der Waals surface area contributed by atoms with Crippen molar-refractivity contribution in [3.8, 4) is 0 Å². The number of hydrogen-bond donors (Lipinski definition) is 1. The van der Waals surface area contributed by atoms with Crippen LogP contribution in [0.1, 0.15) is 29.0 Å². The van der Waals surface area contributed by atoms with E-state index < -0.39 is 0 Å². The minimum Gasteiger partial charge on any atom is -0.469 e. The molecule has 1 spiro atoms. The molecule has 2 aliphatic heterocycles. The molecule has 0 aromatic carbocycles. The molecule has 0 aliphatic carbocycles. The van der Waals surface area contributed by atoms with Crippen molar-refractivity contribution < 1.29 is 18.7 Å². The van der Waals surface area contributed by atoms with Crippen molar-refractivity contribution in [1.29, 1.82) is 0 Å². The molecular weight excluding hydrogens is 284 g/mol. The quantitative estimate of drug-likeness (QED) is 0.911. The molecule has 0 radical (unpaired) electrons. The average molecular weight is 306 g/mol. The van der Waals surface area contributed by atoms with Gasteiger partial charge in [-0.05, 0) is 25.8 Å². The number of furan rings is 1. The third-order valence-electron chi connectivity index (χ3n) is 5.14. The molecule has 1 aromatic heterocycles. The van der Waals surface area contributed by atoms with Gasteiger partial charge in [-0.1, -0.05) is 0 Å². The summed E-state index contributed by atoms with van der Waals surface area (Å²) in [7, 11) is 1.62. The summed E-state index contributed by atoms with van der Waals surface area (Å²) >= 11 is 0. The van der Waals surface area contributed by atoms with Crippen molar-refractivity contribution in [1.82, 2.24) is 10.2 Å². The minimum atomic E-state index is -0.106. The van der Waals surface area contributed by atoms with Crippen LogP contribution in [0.25, 0.3) is 0 Å². The molecule has 2 aliphatic rings. The Morgan fingerprint density at radius 3 is 2.82 bits per heavy atom. The van der Waals surface area contributed by atoms with Crippen LogP contribution < -0.4 is 5.32 Å². The highest BCUT2D eigenvalue weighted by molar-refractivity contribution is 5.95. The van der Waals surface area contributed by atoms with Crippen molar-refractivity contribution in [2.24, 2.45) is 11.3 Å². The molecule has 0 saturated carbocycles. The summed E-state index contributed by atoms with van der Waals surface area (Å²) in [5, 5.41) is 2.96. The van der Waals surface area contributed by atoms with Crippen LogP contribution in [0.5, 0.6) is 0 Å². The maximum Gasteiger partial charge on any atom is 0.257 e. The molecule has 120 valence electrons. The van der Waals surface area contributed by atoms with Crippen LogP contribution >= 0.6 is 0 Å². The number of amides is 2. The Bertz CT molecular complexity index is 572. The first kappa shape index (κ1) is 15.1. The first-order valence-corrected chi connectivity index (χ1v) is 7.67. The Kier molecular flexibility index (Phi) is 3.95. The number of carbonyl (C=O) groups is 2. The van der Waals surface area contributed by atoms with E-state index in [0.717, 1.165) is 12.8 Å². The topological polar surface area (TPSA) is 71.8 Å². The van der Waals surface area contributed by atoms with Crippen LogP contribution in [0.3, 0.4) is 0 Å².